The van der Waals surface area contributed by atoms with Crippen molar-refractivity contribution < 1.29 is 0 Å². The molecule has 140 valence electrons. The molecule has 0 aliphatic heterocycles. The Balaban J connectivity index is 1.50. The van der Waals surface area contributed by atoms with Gasteiger partial charge in [-0.1, -0.05) is 17.4 Å². The fraction of sp³-hybridized carbons (Fsp3) is 0.211. The van der Waals surface area contributed by atoms with E-state index >= 15 is 0 Å². The third-order valence-corrected chi connectivity index (χ3v) is 5.71. The first-order valence-electron chi connectivity index (χ1n) is 8.91. The van der Waals surface area contributed by atoms with Crippen LogP contribution in [0.3, 0.4) is 0 Å². The Bertz CT molecular complexity index is 1300. The predicted molar refractivity (Wildman–Crippen MR) is 108 cm³/mol. The summed E-state index contributed by atoms with van der Waals surface area (Å²) in [4.78, 5) is 5.35. The number of pyridine rings is 1. The van der Waals surface area contributed by atoms with Gasteiger partial charge in [-0.2, -0.15) is 14.7 Å². The molecule has 28 heavy (non-hydrogen) atoms. The molecule has 0 radical (unpaired) electrons. The number of hydrogen-bond donors (Lipinski definition) is 1. The van der Waals surface area contributed by atoms with Crippen LogP contribution in [0, 0.1) is 0 Å². The summed E-state index contributed by atoms with van der Waals surface area (Å²) in [5, 5.41) is 19.2. The highest BCUT2D eigenvalue weighted by molar-refractivity contribution is 7.16. The van der Waals surface area contributed by atoms with Crippen LogP contribution in [-0.4, -0.2) is 34.6 Å². The first-order chi connectivity index (χ1) is 13.6. The molecular formula is C19H18N8S. The third-order valence-electron chi connectivity index (χ3n) is 4.61. The minimum absolute atomic E-state index is 0.114. The Morgan fingerprint density at radius 2 is 2.04 bits per heavy atom. The molecule has 1 unspecified atom stereocenters. The molecule has 0 bridgehead atoms. The Hall–Kier alpha value is -3.17. The largest absolute Gasteiger partial charge is 0.322 e. The van der Waals surface area contributed by atoms with E-state index in [9.17, 15) is 0 Å². The van der Waals surface area contributed by atoms with Crippen LogP contribution < -0.4 is 5.73 Å². The molecule has 1 aromatic carbocycles. The van der Waals surface area contributed by atoms with Gasteiger partial charge in [-0.3, -0.25) is 9.67 Å². The van der Waals surface area contributed by atoms with E-state index in [1.165, 1.54) is 11.3 Å². The first kappa shape index (κ1) is 17.0. The third kappa shape index (κ3) is 2.94. The van der Waals surface area contributed by atoms with Gasteiger partial charge in [0.05, 0.1) is 17.8 Å². The standard InChI is InChI=1S/C19H18N8S/c1-11(20)18-25-27-17(23-24-19(27)28-18)6-12-3-4-16-13(5-12)7-14(8-21-16)15-9-22-26(2)10-15/h3-5,7-11H,6,20H2,1-2H3. The van der Waals surface area contributed by atoms with Gasteiger partial charge in [0, 0.05) is 42.4 Å². The number of benzene rings is 1. The second kappa shape index (κ2) is 6.47. The van der Waals surface area contributed by atoms with Crippen molar-refractivity contribution in [2.75, 3.05) is 0 Å². The van der Waals surface area contributed by atoms with Crippen molar-refractivity contribution >= 4 is 27.2 Å². The number of aromatic nitrogens is 7. The van der Waals surface area contributed by atoms with E-state index in [-0.39, 0.29) is 6.04 Å². The van der Waals surface area contributed by atoms with Crippen LogP contribution in [0.5, 0.6) is 0 Å². The van der Waals surface area contributed by atoms with Gasteiger partial charge in [-0.05, 0) is 30.7 Å². The molecule has 0 amide bonds. The van der Waals surface area contributed by atoms with Gasteiger partial charge in [0.2, 0.25) is 4.96 Å². The zero-order chi connectivity index (χ0) is 19.3. The van der Waals surface area contributed by atoms with Crippen molar-refractivity contribution in [3.8, 4) is 11.1 Å². The monoisotopic (exact) mass is 390 g/mol. The SMILES string of the molecule is CC(N)c1nn2c(Cc3ccc4ncc(-c5cnn(C)c5)cc4c3)nnc2s1. The van der Waals surface area contributed by atoms with Crippen LogP contribution in [0.2, 0.25) is 0 Å². The minimum Gasteiger partial charge on any atom is -0.322 e. The summed E-state index contributed by atoms with van der Waals surface area (Å²) in [5.74, 6) is 0.800. The molecule has 0 spiro atoms. The van der Waals surface area contributed by atoms with Crippen LogP contribution in [0.15, 0.2) is 42.9 Å². The molecule has 0 saturated heterocycles. The quantitative estimate of drug-likeness (QED) is 0.506. The maximum atomic E-state index is 5.94. The van der Waals surface area contributed by atoms with Gasteiger partial charge in [-0.25, -0.2) is 0 Å². The minimum atomic E-state index is -0.114. The van der Waals surface area contributed by atoms with Gasteiger partial charge < -0.3 is 5.73 Å². The second-order valence-corrected chi connectivity index (χ2v) is 7.86. The summed E-state index contributed by atoms with van der Waals surface area (Å²) in [5.41, 5.74) is 10.1. The fourth-order valence-corrected chi connectivity index (χ4v) is 3.98. The average molecular weight is 390 g/mol. The number of fused-ring (bicyclic) bond motifs is 2. The van der Waals surface area contributed by atoms with E-state index in [1.807, 2.05) is 38.6 Å². The molecular weight excluding hydrogens is 372 g/mol. The van der Waals surface area contributed by atoms with Crippen LogP contribution in [-0.2, 0) is 13.5 Å². The number of hydrogen-bond acceptors (Lipinski definition) is 7. The van der Waals surface area contributed by atoms with Crippen LogP contribution >= 0.6 is 11.3 Å². The predicted octanol–water partition coefficient (Wildman–Crippen LogP) is 2.75. The first-order valence-corrected chi connectivity index (χ1v) is 9.73. The molecule has 0 saturated carbocycles. The highest BCUT2D eigenvalue weighted by Gasteiger charge is 2.14. The Labute approximate surface area is 164 Å². The summed E-state index contributed by atoms with van der Waals surface area (Å²) in [7, 11) is 1.91. The lowest BCUT2D eigenvalue weighted by molar-refractivity contribution is 0.750. The van der Waals surface area contributed by atoms with Gasteiger partial charge in [0.1, 0.15) is 5.01 Å². The van der Waals surface area contributed by atoms with E-state index in [2.05, 4.69) is 43.6 Å². The maximum Gasteiger partial charge on any atom is 0.234 e. The van der Waals surface area contributed by atoms with Gasteiger partial charge >= 0.3 is 0 Å². The molecule has 4 heterocycles. The molecule has 5 aromatic rings. The number of aryl methyl sites for hydroxylation is 1. The summed E-state index contributed by atoms with van der Waals surface area (Å²) in [6.07, 6.45) is 6.35. The number of nitrogens with zero attached hydrogens (tertiary/aromatic N) is 7. The number of nitrogens with two attached hydrogens (primary N) is 1. The molecule has 8 nitrogen and oxygen atoms in total. The highest BCUT2D eigenvalue weighted by atomic mass is 32.1. The van der Waals surface area contributed by atoms with Crippen molar-refractivity contribution in [1.29, 1.82) is 0 Å². The van der Waals surface area contributed by atoms with E-state index in [0.29, 0.717) is 6.42 Å². The molecule has 0 fully saturated rings. The smallest absolute Gasteiger partial charge is 0.234 e. The Morgan fingerprint density at radius 1 is 1.14 bits per heavy atom. The summed E-state index contributed by atoms with van der Waals surface area (Å²) < 4.78 is 3.58. The zero-order valence-electron chi connectivity index (χ0n) is 15.4. The summed E-state index contributed by atoms with van der Waals surface area (Å²) in [6, 6.07) is 8.27. The topological polar surface area (TPSA) is 99.8 Å². The van der Waals surface area contributed by atoms with E-state index in [1.54, 1.807) is 9.20 Å². The zero-order valence-corrected chi connectivity index (χ0v) is 16.3. The lowest BCUT2D eigenvalue weighted by Gasteiger charge is -2.04. The van der Waals surface area contributed by atoms with Crippen molar-refractivity contribution in [1.82, 2.24) is 34.6 Å². The van der Waals surface area contributed by atoms with Crippen molar-refractivity contribution in [3.63, 3.8) is 0 Å². The van der Waals surface area contributed by atoms with Gasteiger partial charge in [-0.15, -0.1) is 10.2 Å². The van der Waals surface area contributed by atoms with E-state index in [4.69, 9.17) is 5.73 Å². The summed E-state index contributed by atoms with van der Waals surface area (Å²) in [6.45, 7) is 1.92. The molecule has 0 aliphatic rings. The van der Waals surface area contributed by atoms with Crippen molar-refractivity contribution in [2.24, 2.45) is 12.8 Å². The Kier molecular flexibility index (Phi) is 3.92. The van der Waals surface area contributed by atoms with Crippen LogP contribution in [0.1, 0.15) is 29.4 Å². The highest BCUT2D eigenvalue weighted by Crippen LogP contribution is 2.24. The molecule has 1 atom stereocenters. The summed E-state index contributed by atoms with van der Waals surface area (Å²) >= 11 is 1.48. The lowest BCUT2D eigenvalue weighted by atomic mass is 10.0. The molecule has 2 N–H and O–H groups in total. The molecule has 9 heteroatoms. The van der Waals surface area contributed by atoms with Crippen LogP contribution in [0.25, 0.3) is 27.0 Å². The number of rotatable bonds is 4. The molecule has 0 aliphatic carbocycles. The fourth-order valence-electron chi connectivity index (χ4n) is 3.17. The molecule has 5 rings (SSSR count). The van der Waals surface area contributed by atoms with Gasteiger partial charge in [0.15, 0.2) is 5.82 Å². The molecule has 4 aromatic heterocycles. The second-order valence-electron chi connectivity index (χ2n) is 6.87. The van der Waals surface area contributed by atoms with E-state index in [0.717, 1.165) is 43.4 Å². The normalized spacial score (nSPS) is 12.8. The van der Waals surface area contributed by atoms with Crippen molar-refractivity contribution in [2.45, 2.75) is 19.4 Å². The lowest BCUT2D eigenvalue weighted by Crippen LogP contribution is -2.06. The average Bonchev–Trinajstić information content (AvgIpc) is 3.38. The van der Waals surface area contributed by atoms with Crippen LogP contribution in [0.4, 0.5) is 0 Å². The van der Waals surface area contributed by atoms with E-state index < -0.39 is 0 Å². The van der Waals surface area contributed by atoms with Gasteiger partial charge in [0.25, 0.3) is 0 Å². The Morgan fingerprint density at radius 3 is 2.82 bits per heavy atom. The van der Waals surface area contributed by atoms with Crippen molar-refractivity contribution in [3.05, 3.63) is 59.3 Å². The maximum absolute atomic E-state index is 5.94.